The monoisotopic (exact) mass is 339 g/mol. The first-order valence-corrected chi connectivity index (χ1v) is 8.87. The molecule has 4 nitrogen and oxygen atoms in total. The first-order chi connectivity index (χ1) is 12.0. The molecule has 132 valence electrons. The number of aromatic nitrogens is 2. The largest absolute Gasteiger partial charge is 0.490 e. The van der Waals surface area contributed by atoms with Gasteiger partial charge in [0.25, 0.3) is 5.82 Å². The fourth-order valence-electron chi connectivity index (χ4n) is 3.51. The van der Waals surface area contributed by atoms with E-state index in [4.69, 9.17) is 4.74 Å². The molecule has 0 aliphatic carbocycles. The lowest BCUT2D eigenvalue weighted by Gasteiger charge is -2.15. The van der Waals surface area contributed by atoms with Gasteiger partial charge in [0.2, 0.25) is 0 Å². The molecule has 0 radical (unpaired) electrons. The van der Waals surface area contributed by atoms with Crippen LogP contribution >= 0.6 is 0 Å². The van der Waals surface area contributed by atoms with Gasteiger partial charge in [-0.3, -0.25) is 0 Å². The first kappa shape index (κ1) is 17.5. The molecule has 0 spiro atoms. The number of hydrogen-bond acceptors (Lipinski definition) is 2. The Morgan fingerprint density at radius 3 is 2.40 bits per heavy atom. The zero-order valence-electron chi connectivity index (χ0n) is 15.5. The van der Waals surface area contributed by atoms with Crippen LogP contribution in [0.2, 0.25) is 0 Å². The summed E-state index contributed by atoms with van der Waals surface area (Å²) in [4.78, 5) is 0. The standard InChI is InChI=1S/C21H27N2O2/c1-5-22-17(4)23(20-12-7-6-11-19(20)22)13-18(24)14-25-21-15(2)9-8-10-16(21)3/h6-12,18,24H,5,13-14H2,1-4H3/q+1/t18-/m1/s1. The molecule has 2 aromatic carbocycles. The van der Waals surface area contributed by atoms with Crippen LogP contribution in [0.5, 0.6) is 5.75 Å². The molecule has 3 rings (SSSR count). The third-order valence-electron chi connectivity index (χ3n) is 4.78. The van der Waals surface area contributed by atoms with Crippen molar-refractivity contribution in [2.75, 3.05) is 6.61 Å². The third-order valence-corrected chi connectivity index (χ3v) is 4.78. The minimum atomic E-state index is -0.571. The van der Waals surface area contributed by atoms with Crippen LogP contribution in [-0.2, 0) is 13.1 Å². The van der Waals surface area contributed by atoms with Crippen LogP contribution in [0.1, 0.15) is 23.9 Å². The molecule has 1 N–H and O–H groups in total. The Bertz CT molecular complexity index is 863. The van der Waals surface area contributed by atoms with Crippen LogP contribution in [0.3, 0.4) is 0 Å². The van der Waals surface area contributed by atoms with E-state index in [2.05, 4.69) is 41.2 Å². The van der Waals surface area contributed by atoms with E-state index >= 15 is 0 Å². The molecule has 0 bridgehead atoms. The molecular weight excluding hydrogens is 312 g/mol. The van der Waals surface area contributed by atoms with Gasteiger partial charge in [0.05, 0.1) is 6.54 Å². The highest BCUT2D eigenvalue weighted by Crippen LogP contribution is 2.22. The van der Waals surface area contributed by atoms with Gasteiger partial charge in [-0.1, -0.05) is 30.3 Å². The van der Waals surface area contributed by atoms with Gasteiger partial charge in [0, 0.05) is 6.92 Å². The molecule has 0 aliphatic heterocycles. The van der Waals surface area contributed by atoms with Crippen LogP contribution in [0.25, 0.3) is 11.0 Å². The van der Waals surface area contributed by atoms with Crippen molar-refractivity contribution in [2.45, 2.75) is 46.9 Å². The Morgan fingerprint density at radius 1 is 1.04 bits per heavy atom. The summed E-state index contributed by atoms with van der Waals surface area (Å²) >= 11 is 0. The number of hydrogen-bond donors (Lipinski definition) is 1. The second-order valence-electron chi connectivity index (χ2n) is 6.58. The summed E-state index contributed by atoms with van der Waals surface area (Å²) in [5.74, 6) is 2.02. The Morgan fingerprint density at radius 2 is 1.72 bits per heavy atom. The van der Waals surface area contributed by atoms with E-state index in [-0.39, 0.29) is 6.61 Å². The summed E-state index contributed by atoms with van der Waals surface area (Å²) in [5, 5.41) is 10.6. The Labute approximate surface area is 149 Å². The van der Waals surface area contributed by atoms with Crippen molar-refractivity contribution in [1.82, 2.24) is 4.57 Å². The minimum Gasteiger partial charge on any atom is -0.490 e. The van der Waals surface area contributed by atoms with E-state index in [9.17, 15) is 5.11 Å². The number of aliphatic hydroxyl groups is 1. The molecule has 1 heterocycles. The van der Waals surface area contributed by atoms with Gasteiger partial charge in [0.15, 0.2) is 11.0 Å². The molecule has 0 amide bonds. The Kier molecular flexibility index (Phi) is 5.09. The maximum absolute atomic E-state index is 10.6. The summed E-state index contributed by atoms with van der Waals surface area (Å²) in [6.07, 6.45) is -0.571. The lowest BCUT2D eigenvalue weighted by Crippen LogP contribution is -2.44. The zero-order valence-corrected chi connectivity index (χ0v) is 15.5. The van der Waals surface area contributed by atoms with Crippen LogP contribution in [0.4, 0.5) is 0 Å². The molecule has 0 fully saturated rings. The molecule has 0 aliphatic rings. The van der Waals surface area contributed by atoms with Crippen molar-refractivity contribution >= 4 is 11.0 Å². The van der Waals surface area contributed by atoms with Gasteiger partial charge in [-0.2, -0.15) is 0 Å². The lowest BCUT2D eigenvalue weighted by molar-refractivity contribution is -0.685. The number of imidazole rings is 1. The number of para-hydroxylation sites is 3. The fraction of sp³-hybridized carbons (Fsp3) is 0.381. The number of aliphatic hydroxyl groups excluding tert-OH is 1. The highest BCUT2D eigenvalue weighted by molar-refractivity contribution is 5.72. The van der Waals surface area contributed by atoms with Crippen molar-refractivity contribution in [3.05, 3.63) is 59.4 Å². The summed E-state index contributed by atoms with van der Waals surface area (Å²) in [5.41, 5.74) is 4.54. The fourth-order valence-corrected chi connectivity index (χ4v) is 3.51. The average molecular weight is 339 g/mol. The van der Waals surface area contributed by atoms with Gasteiger partial charge in [-0.05, 0) is 44.0 Å². The Hall–Kier alpha value is -2.33. The lowest BCUT2D eigenvalue weighted by atomic mass is 10.1. The predicted molar refractivity (Wildman–Crippen MR) is 100.0 cm³/mol. The van der Waals surface area contributed by atoms with Crippen LogP contribution in [0, 0.1) is 20.8 Å². The van der Waals surface area contributed by atoms with Crippen molar-refractivity contribution in [3.8, 4) is 5.75 Å². The van der Waals surface area contributed by atoms with E-state index in [1.807, 2.05) is 38.1 Å². The number of aryl methyl sites for hydroxylation is 3. The molecule has 3 aromatic rings. The molecule has 0 saturated heterocycles. The molecule has 0 unspecified atom stereocenters. The molecule has 0 saturated carbocycles. The smallest absolute Gasteiger partial charge is 0.254 e. The van der Waals surface area contributed by atoms with Gasteiger partial charge in [-0.25, -0.2) is 9.13 Å². The quantitative estimate of drug-likeness (QED) is 0.700. The van der Waals surface area contributed by atoms with E-state index in [0.717, 1.165) is 34.8 Å². The SMILES string of the molecule is CCn1c(C)[n+](C[C@@H](O)COc2c(C)cccc2C)c2ccccc21. The number of fused-ring (bicyclic) bond motifs is 1. The van der Waals surface area contributed by atoms with E-state index in [1.165, 1.54) is 5.52 Å². The zero-order chi connectivity index (χ0) is 18.0. The summed E-state index contributed by atoms with van der Waals surface area (Å²) in [6.45, 7) is 10.0. The van der Waals surface area contributed by atoms with Crippen LogP contribution in [-0.4, -0.2) is 22.4 Å². The average Bonchev–Trinajstić information content (AvgIpc) is 2.86. The van der Waals surface area contributed by atoms with Gasteiger partial charge in [0.1, 0.15) is 25.0 Å². The van der Waals surface area contributed by atoms with E-state index in [1.54, 1.807) is 0 Å². The number of benzene rings is 2. The third kappa shape index (κ3) is 3.40. The summed E-state index contributed by atoms with van der Waals surface area (Å²) < 4.78 is 10.4. The second-order valence-corrected chi connectivity index (χ2v) is 6.58. The van der Waals surface area contributed by atoms with Crippen molar-refractivity contribution in [2.24, 2.45) is 0 Å². The number of nitrogens with zero attached hydrogens (tertiary/aromatic N) is 2. The first-order valence-electron chi connectivity index (χ1n) is 8.87. The number of ether oxygens (including phenoxy) is 1. The van der Waals surface area contributed by atoms with Crippen molar-refractivity contribution in [3.63, 3.8) is 0 Å². The maximum Gasteiger partial charge on any atom is 0.254 e. The topological polar surface area (TPSA) is 38.3 Å². The summed E-state index contributed by atoms with van der Waals surface area (Å²) in [6, 6.07) is 14.4. The maximum atomic E-state index is 10.6. The summed E-state index contributed by atoms with van der Waals surface area (Å²) in [7, 11) is 0. The van der Waals surface area contributed by atoms with Gasteiger partial charge < -0.3 is 9.84 Å². The predicted octanol–water partition coefficient (Wildman–Crippen LogP) is 3.31. The molecule has 1 atom stereocenters. The second kappa shape index (κ2) is 7.28. The van der Waals surface area contributed by atoms with Crippen molar-refractivity contribution < 1.29 is 14.4 Å². The molecule has 1 aromatic heterocycles. The van der Waals surface area contributed by atoms with Crippen LogP contribution < -0.4 is 9.30 Å². The molecule has 4 heteroatoms. The molecular formula is C21H27N2O2+. The van der Waals surface area contributed by atoms with E-state index in [0.29, 0.717) is 6.54 Å². The Balaban J connectivity index is 1.79. The van der Waals surface area contributed by atoms with E-state index < -0.39 is 6.10 Å². The van der Waals surface area contributed by atoms with Gasteiger partial charge >= 0.3 is 0 Å². The molecule has 25 heavy (non-hydrogen) atoms. The van der Waals surface area contributed by atoms with Crippen molar-refractivity contribution in [1.29, 1.82) is 0 Å². The minimum absolute atomic E-state index is 0.282. The van der Waals surface area contributed by atoms with Gasteiger partial charge in [-0.15, -0.1) is 0 Å². The normalized spacial score (nSPS) is 12.5. The highest BCUT2D eigenvalue weighted by atomic mass is 16.5. The number of rotatable bonds is 6. The van der Waals surface area contributed by atoms with Crippen LogP contribution in [0.15, 0.2) is 42.5 Å². The highest BCUT2D eigenvalue weighted by Gasteiger charge is 2.22.